The van der Waals surface area contributed by atoms with Crippen molar-refractivity contribution in [1.29, 1.82) is 0 Å². The van der Waals surface area contributed by atoms with Crippen molar-refractivity contribution in [3.8, 4) is 0 Å². The summed E-state index contributed by atoms with van der Waals surface area (Å²) in [5.74, 6) is -0.100. The number of aromatic amines is 1. The molecule has 2 amide bonds. The number of likely N-dealkylation sites (tertiary alicyclic amines) is 1. The lowest BCUT2D eigenvalue weighted by Crippen LogP contribution is -2.41. The lowest BCUT2D eigenvalue weighted by Gasteiger charge is -2.24. The van der Waals surface area contributed by atoms with Crippen LogP contribution in [0.4, 0.5) is 0 Å². The van der Waals surface area contributed by atoms with E-state index in [1.54, 1.807) is 12.5 Å². The highest BCUT2D eigenvalue weighted by atomic mass is 16.2. The molecular formula is C12H19N3O2. The van der Waals surface area contributed by atoms with E-state index >= 15 is 0 Å². The van der Waals surface area contributed by atoms with Crippen LogP contribution in [0.2, 0.25) is 0 Å². The van der Waals surface area contributed by atoms with Crippen LogP contribution < -0.4 is 0 Å². The zero-order valence-corrected chi connectivity index (χ0v) is 10.4. The number of hydrogen-bond acceptors (Lipinski definition) is 3. The fourth-order valence-corrected chi connectivity index (χ4v) is 1.70. The van der Waals surface area contributed by atoms with Gasteiger partial charge in [-0.05, 0) is 6.42 Å². The lowest BCUT2D eigenvalue weighted by atomic mass is 10.1. The van der Waals surface area contributed by atoms with Crippen molar-refractivity contribution in [3.63, 3.8) is 0 Å². The van der Waals surface area contributed by atoms with Crippen molar-refractivity contribution in [2.45, 2.75) is 39.5 Å². The molecule has 2 heterocycles. The first kappa shape index (κ1) is 13.4. The van der Waals surface area contributed by atoms with E-state index < -0.39 is 0 Å². The fraction of sp³-hybridized carbons (Fsp3) is 0.583. The highest BCUT2D eigenvalue weighted by Gasteiger charge is 2.25. The Morgan fingerprint density at radius 2 is 1.94 bits per heavy atom. The molecule has 0 saturated carbocycles. The summed E-state index contributed by atoms with van der Waals surface area (Å²) in [4.78, 5) is 31.1. The smallest absolute Gasteiger partial charge is 0.229 e. The maximum Gasteiger partial charge on any atom is 0.229 e. The van der Waals surface area contributed by atoms with Crippen LogP contribution in [-0.4, -0.2) is 33.2 Å². The molecule has 5 heteroatoms. The molecule has 1 aliphatic rings. The normalized spacial score (nSPS) is 15.5. The average molecular weight is 237 g/mol. The molecule has 5 nitrogen and oxygen atoms in total. The van der Waals surface area contributed by atoms with Crippen LogP contribution in [0.3, 0.4) is 0 Å². The molecule has 0 radical (unpaired) electrons. The summed E-state index contributed by atoms with van der Waals surface area (Å²) in [5, 5.41) is 0. The second-order valence-electron chi connectivity index (χ2n) is 3.62. The van der Waals surface area contributed by atoms with E-state index in [2.05, 4.69) is 9.97 Å². The van der Waals surface area contributed by atoms with Crippen molar-refractivity contribution < 1.29 is 9.59 Å². The summed E-state index contributed by atoms with van der Waals surface area (Å²) in [7, 11) is 0. The maximum atomic E-state index is 11.4. The van der Waals surface area contributed by atoms with Crippen molar-refractivity contribution in [3.05, 3.63) is 18.2 Å². The van der Waals surface area contributed by atoms with Gasteiger partial charge in [-0.2, -0.15) is 0 Å². The van der Waals surface area contributed by atoms with Gasteiger partial charge < -0.3 is 4.98 Å². The number of amides is 2. The maximum absolute atomic E-state index is 11.4. The Balaban J connectivity index is 0.000000686. The van der Waals surface area contributed by atoms with E-state index in [1.165, 1.54) is 4.90 Å². The molecule has 0 spiro atoms. The highest BCUT2D eigenvalue weighted by molar-refractivity contribution is 5.97. The third-order valence-corrected chi connectivity index (χ3v) is 2.54. The standard InChI is InChI=1S/C10H13N3O2.C2H6/c14-9-2-1-3-10(15)13(9)5-4-8-6-11-7-12-8;1-2/h6-7H,1-5H2,(H,11,12);1-2H3. The quantitative estimate of drug-likeness (QED) is 0.810. The summed E-state index contributed by atoms with van der Waals surface area (Å²) < 4.78 is 0. The molecule has 94 valence electrons. The molecule has 1 aliphatic heterocycles. The van der Waals surface area contributed by atoms with Gasteiger partial charge in [-0.3, -0.25) is 14.5 Å². The number of carbonyl (C=O) groups excluding carboxylic acids is 2. The lowest BCUT2D eigenvalue weighted by molar-refractivity contribution is -0.147. The zero-order chi connectivity index (χ0) is 12.7. The van der Waals surface area contributed by atoms with Gasteiger partial charge in [-0.1, -0.05) is 13.8 Å². The van der Waals surface area contributed by atoms with E-state index in [-0.39, 0.29) is 11.8 Å². The minimum Gasteiger partial charge on any atom is -0.348 e. The van der Waals surface area contributed by atoms with Gasteiger partial charge in [0.05, 0.1) is 6.33 Å². The molecule has 1 saturated heterocycles. The average Bonchev–Trinajstić information content (AvgIpc) is 2.84. The second-order valence-corrected chi connectivity index (χ2v) is 3.62. The number of piperidine rings is 1. The first-order valence-electron chi connectivity index (χ1n) is 6.08. The Labute approximate surface area is 101 Å². The molecule has 0 unspecified atom stereocenters. The number of hydrogen-bond donors (Lipinski definition) is 1. The monoisotopic (exact) mass is 237 g/mol. The molecule has 1 N–H and O–H groups in total. The van der Waals surface area contributed by atoms with E-state index in [0.717, 1.165) is 5.69 Å². The van der Waals surface area contributed by atoms with Crippen LogP contribution in [0.25, 0.3) is 0 Å². The first-order valence-corrected chi connectivity index (χ1v) is 6.08. The summed E-state index contributed by atoms with van der Waals surface area (Å²) >= 11 is 0. The van der Waals surface area contributed by atoms with Crippen LogP contribution in [0.5, 0.6) is 0 Å². The molecule has 0 bridgehead atoms. The third-order valence-electron chi connectivity index (χ3n) is 2.54. The van der Waals surface area contributed by atoms with Gasteiger partial charge in [-0.15, -0.1) is 0 Å². The molecule has 0 aromatic carbocycles. The number of rotatable bonds is 3. The van der Waals surface area contributed by atoms with E-state index in [9.17, 15) is 9.59 Å². The summed E-state index contributed by atoms with van der Waals surface area (Å²) in [6.07, 6.45) is 5.63. The number of carbonyl (C=O) groups is 2. The Hall–Kier alpha value is -1.65. The van der Waals surface area contributed by atoms with Gasteiger partial charge in [0.2, 0.25) is 11.8 Å². The predicted octanol–water partition coefficient (Wildman–Crippen LogP) is 1.52. The van der Waals surface area contributed by atoms with Crippen molar-refractivity contribution >= 4 is 11.8 Å². The molecule has 0 aliphatic carbocycles. The molecule has 2 rings (SSSR count). The van der Waals surface area contributed by atoms with Gasteiger partial charge in [0, 0.05) is 37.7 Å². The Kier molecular flexibility index (Phi) is 5.39. The van der Waals surface area contributed by atoms with E-state index in [1.807, 2.05) is 13.8 Å². The number of imide groups is 1. The van der Waals surface area contributed by atoms with Crippen molar-refractivity contribution in [2.24, 2.45) is 0 Å². The fourth-order valence-electron chi connectivity index (χ4n) is 1.70. The van der Waals surface area contributed by atoms with Gasteiger partial charge in [0.25, 0.3) is 0 Å². The van der Waals surface area contributed by atoms with Crippen LogP contribution >= 0.6 is 0 Å². The van der Waals surface area contributed by atoms with Gasteiger partial charge in [-0.25, -0.2) is 4.98 Å². The first-order chi connectivity index (χ1) is 8.27. The molecule has 1 aromatic rings. The highest BCUT2D eigenvalue weighted by Crippen LogP contribution is 2.12. The number of nitrogens with zero attached hydrogens (tertiary/aromatic N) is 2. The van der Waals surface area contributed by atoms with Crippen LogP contribution in [-0.2, 0) is 16.0 Å². The van der Waals surface area contributed by atoms with Crippen LogP contribution in [0.15, 0.2) is 12.5 Å². The molecule has 1 fully saturated rings. The Morgan fingerprint density at radius 1 is 1.29 bits per heavy atom. The van der Waals surface area contributed by atoms with Gasteiger partial charge >= 0.3 is 0 Å². The summed E-state index contributed by atoms with van der Waals surface area (Å²) in [5.41, 5.74) is 0.946. The number of imidazole rings is 1. The minimum absolute atomic E-state index is 0.0502. The van der Waals surface area contributed by atoms with Gasteiger partial charge in [0.15, 0.2) is 0 Å². The Morgan fingerprint density at radius 3 is 2.47 bits per heavy atom. The van der Waals surface area contributed by atoms with Crippen molar-refractivity contribution in [2.75, 3.05) is 6.54 Å². The SMILES string of the molecule is CC.O=C1CCCC(=O)N1CCc1cnc[nH]1. The number of aromatic nitrogens is 2. The summed E-state index contributed by atoms with van der Waals surface area (Å²) in [6.45, 7) is 4.46. The van der Waals surface area contributed by atoms with Crippen molar-refractivity contribution in [1.82, 2.24) is 14.9 Å². The second kappa shape index (κ2) is 6.83. The number of nitrogens with one attached hydrogen (secondary N) is 1. The van der Waals surface area contributed by atoms with Crippen LogP contribution in [0.1, 0.15) is 38.8 Å². The summed E-state index contributed by atoms with van der Waals surface area (Å²) in [6, 6.07) is 0. The Bertz CT molecular complexity index is 344. The minimum atomic E-state index is -0.0502. The largest absolute Gasteiger partial charge is 0.348 e. The zero-order valence-electron chi connectivity index (χ0n) is 10.4. The van der Waals surface area contributed by atoms with E-state index in [0.29, 0.717) is 32.2 Å². The topological polar surface area (TPSA) is 66.1 Å². The molecular weight excluding hydrogens is 218 g/mol. The molecule has 1 aromatic heterocycles. The predicted molar refractivity (Wildman–Crippen MR) is 64.2 cm³/mol. The van der Waals surface area contributed by atoms with Crippen LogP contribution in [0, 0.1) is 0 Å². The molecule has 17 heavy (non-hydrogen) atoms. The third kappa shape index (κ3) is 3.69. The number of H-pyrrole nitrogens is 1. The molecule has 0 atom stereocenters. The van der Waals surface area contributed by atoms with E-state index in [4.69, 9.17) is 0 Å². The van der Waals surface area contributed by atoms with Gasteiger partial charge in [0.1, 0.15) is 0 Å².